The maximum atomic E-state index is 12.6. The third kappa shape index (κ3) is 4.40. The molecule has 2 aliphatic rings. The van der Waals surface area contributed by atoms with Crippen LogP contribution in [0, 0.1) is 0 Å². The van der Waals surface area contributed by atoms with Crippen LogP contribution in [0.25, 0.3) is 0 Å². The Morgan fingerprint density at radius 3 is 2.67 bits per heavy atom. The highest BCUT2D eigenvalue weighted by Gasteiger charge is 2.36. The minimum atomic E-state index is -3.35. The molecule has 2 aliphatic heterocycles. The quantitative estimate of drug-likeness (QED) is 0.772. The second-order valence-electron chi connectivity index (χ2n) is 5.99. The van der Waals surface area contributed by atoms with Crippen LogP contribution >= 0.6 is 0 Å². The maximum Gasteiger partial charge on any atom is 0.238 e. The van der Waals surface area contributed by atoms with E-state index in [1.807, 2.05) is 0 Å². The lowest BCUT2D eigenvalue weighted by atomic mass is 10.0. The summed E-state index contributed by atoms with van der Waals surface area (Å²) in [5, 5.41) is 5.96. The van der Waals surface area contributed by atoms with Crippen molar-refractivity contribution in [2.24, 2.45) is 0 Å². The second kappa shape index (κ2) is 7.56. The summed E-state index contributed by atoms with van der Waals surface area (Å²) in [4.78, 5) is 11.9. The molecule has 0 aliphatic carbocycles. The Bertz CT molecular complexity index is 446. The molecular formula is C14H27N3O3S. The molecule has 2 fully saturated rings. The molecule has 0 aromatic rings. The Morgan fingerprint density at radius 2 is 2.00 bits per heavy atom. The number of sulfonamides is 1. The third-order valence-electron chi connectivity index (χ3n) is 4.50. The fraction of sp³-hybridized carbons (Fsp3) is 0.929. The van der Waals surface area contributed by atoms with Gasteiger partial charge < -0.3 is 10.6 Å². The van der Waals surface area contributed by atoms with Crippen LogP contribution in [-0.2, 0) is 14.8 Å². The summed E-state index contributed by atoms with van der Waals surface area (Å²) in [6.45, 7) is 1.45. The van der Waals surface area contributed by atoms with Crippen LogP contribution in [0.5, 0.6) is 0 Å². The average Bonchev–Trinajstić information content (AvgIpc) is 2.53. The molecular weight excluding hydrogens is 290 g/mol. The summed E-state index contributed by atoms with van der Waals surface area (Å²) >= 11 is 0. The van der Waals surface area contributed by atoms with E-state index in [2.05, 4.69) is 10.6 Å². The lowest BCUT2D eigenvalue weighted by Crippen LogP contribution is -2.52. The van der Waals surface area contributed by atoms with E-state index in [1.165, 1.54) is 17.1 Å². The Labute approximate surface area is 127 Å². The molecule has 2 rings (SSSR count). The van der Waals surface area contributed by atoms with Crippen molar-refractivity contribution in [2.75, 3.05) is 25.9 Å². The van der Waals surface area contributed by atoms with E-state index in [0.717, 1.165) is 25.8 Å². The minimum absolute atomic E-state index is 0.137. The minimum Gasteiger partial charge on any atom is -0.358 e. The van der Waals surface area contributed by atoms with E-state index < -0.39 is 16.1 Å². The van der Waals surface area contributed by atoms with Crippen molar-refractivity contribution in [3.8, 4) is 0 Å². The molecule has 0 aromatic carbocycles. The largest absolute Gasteiger partial charge is 0.358 e. The van der Waals surface area contributed by atoms with Crippen molar-refractivity contribution in [3.63, 3.8) is 0 Å². The van der Waals surface area contributed by atoms with Crippen molar-refractivity contribution in [1.29, 1.82) is 0 Å². The molecule has 6 nitrogen and oxygen atoms in total. The SMILES string of the molecule is CNC(=O)C1CCCCN1S(=O)(=O)CCC1CCCCN1. The Balaban J connectivity index is 1.96. The van der Waals surface area contributed by atoms with Gasteiger partial charge in [-0.2, -0.15) is 4.31 Å². The van der Waals surface area contributed by atoms with Crippen LogP contribution in [0.3, 0.4) is 0 Å². The van der Waals surface area contributed by atoms with Gasteiger partial charge in [0.25, 0.3) is 0 Å². The van der Waals surface area contributed by atoms with Gasteiger partial charge in [0.15, 0.2) is 0 Å². The van der Waals surface area contributed by atoms with Crippen LogP contribution in [0.15, 0.2) is 0 Å². The van der Waals surface area contributed by atoms with Gasteiger partial charge in [0.2, 0.25) is 15.9 Å². The summed E-state index contributed by atoms with van der Waals surface area (Å²) in [6.07, 6.45) is 6.41. The van der Waals surface area contributed by atoms with E-state index in [9.17, 15) is 13.2 Å². The highest BCUT2D eigenvalue weighted by atomic mass is 32.2. The smallest absolute Gasteiger partial charge is 0.238 e. The van der Waals surface area contributed by atoms with Gasteiger partial charge in [-0.05, 0) is 38.6 Å². The maximum absolute atomic E-state index is 12.6. The normalized spacial score (nSPS) is 28.2. The molecule has 0 aromatic heterocycles. The molecule has 0 bridgehead atoms. The van der Waals surface area contributed by atoms with E-state index in [0.29, 0.717) is 25.4 Å². The number of piperidine rings is 2. The van der Waals surface area contributed by atoms with Crippen molar-refractivity contribution in [3.05, 3.63) is 0 Å². The molecule has 122 valence electrons. The molecule has 2 saturated heterocycles. The topological polar surface area (TPSA) is 78.5 Å². The molecule has 2 heterocycles. The number of carbonyl (C=O) groups is 1. The summed E-state index contributed by atoms with van der Waals surface area (Å²) in [7, 11) is -1.79. The van der Waals surface area contributed by atoms with Crippen molar-refractivity contribution >= 4 is 15.9 Å². The highest BCUT2D eigenvalue weighted by molar-refractivity contribution is 7.89. The van der Waals surface area contributed by atoms with Gasteiger partial charge >= 0.3 is 0 Å². The van der Waals surface area contributed by atoms with Gasteiger partial charge in [0, 0.05) is 19.6 Å². The van der Waals surface area contributed by atoms with Crippen LogP contribution in [-0.4, -0.2) is 56.6 Å². The van der Waals surface area contributed by atoms with Crippen LogP contribution in [0.4, 0.5) is 0 Å². The molecule has 2 unspecified atom stereocenters. The molecule has 0 saturated carbocycles. The van der Waals surface area contributed by atoms with Gasteiger partial charge in [0.1, 0.15) is 6.04 Å². The van der Waals surface area contributed by atoms with Crippen LogP contribution in [0.1, 0.15) is 44.9 Å². The zero-order valence-electron chi connectivity index (χ0n) is 12.8. The van der Waals surface area contributed by atoms with Crippen molar-refractivity contribution in [2.45, 2.75) is 57.0 Å². The Morgan fingerprint density at radius 1 is 1.24 bits per heavy atom. The summed E-state index contributed by atoms with van der Waals surface area (Å²) in [6, 6.07) is -0.218. The molecule has 2 atom stereocenters. The van der Waals surface area contributed by atoms with Crippen molar-refractivity contribution in [1.82, 2.24) is 14.9 Å². The lowest BCUT2D eigenvalue weighted by molar-refractivity contribution is -0.125. The first-order valence-corrected chi connectivity index (χ1v) is 9.60. The van der Waals surface area contributed by atoms with Crippen molar-refractivity contribution < 1.29 is 13.2 Å². The standard InChI is InChI=1S/C14H27N3O3S/c1-15-14(18)13-7-3-5-10-17(13)21(19,20)11-8-12-6-2-4-9-16-12/h12-13,16H,2-11H2,1H3,(H,15,18). The first-order valence-electron chi connectivity index (χ1n) is 7.99. The molecule has 21 heavy (non-hydrogen) atoms. The number of carbonyl (C=O) groups excluding carboxylic acids is 1. The number of amides is 1. The highest BCUT2D eigenvalue weighted by Crippen LogP contribution is 2.22. The predicted octanol–water partition coefficient (Wildman–Crippen LogP) is 0.449. The Kier molecular flexibility index (Phi) is 6.01. The predicted molar refractivity (Wildman–Crippen MR) is 82.5 cm³/mol. The lowest BCUT2D eigenvalue weighted by Gasteiger charge is -2.34. The molecule has 0 spiro atoms. The summed E-state index contributed by atoms with van der Waals surface area (Å²) in [5.74, 6) is -0.0490. The number of likely N-dealkylation sites (N-methyl/N-ethyl adjacent to an activating group) is 1. The van der Waals surface area contributed by atoms with Crippen LogP contribution in [0.2, 0.25) is 0 Å². The van der Waals surface area contributed by atoms with E-state index in [1.54, 1.807) is 7.05 Å². The Hall–Kier alpha value is -0.660. The average molecular weight is 317 g/mol. The van der Waals surface area contributed by atoms with Gasteiger partial charge in [-0.25, -0.2) is 8.42 Å². The number of hydrogen-bond acceptors (Lipinski definition) is 4. The van der Waals surface area contributed by atoms with E-state index in [4.69, 9.17) is 0 Å². The zero-order valence-corrected chi connectivity index (χ0v) is 13.6. The first kappa shape index (κ1) is 16.7. The molecule has 2 N–H and O–H groups in total. The van der Waals surface area contributed by atoms with Crippen LogP contribution < -0.4 is 10.6 Å². The number of rotatable bonds is 5. The van der Waals surface area contributed by atoms with Gasteiger partial charge in [-0.1, -0.05) is 12.8 Å². The fourth-order valence-corrected chi connectivity index (χ4v) is 5.06. The zero-order chi connectivity index (χ0) is 15.3. The number of nitrogens with one attached hydrogen (secondary N) is 2. The number of nitrogens with zero attached hydrogens (tertiary/aromatic N) is 1. The van der Waals surface area contributed by atoms with E-state index >= 15 is 0 Å². The van der Waals surface area contributed by atoms with Gasteiger partial charge in [-0.15, -0.1) is 0 Å². The number of hydrogen-bond donors (Lipinski definition) is 2. The third-order valence-corrected chi connectivity index (χ3v) is 6.40. The van der Waals surface area contributed by atoms with Gasteiger partial charge in [0.05, 0.1) is 5.75 Å². The first-order chi connectivity index (χ1) is 10.0. The molecule has 1 amide bonds. The second-order valence-corrected chi connectivity index (χ2v) is 8.03. The van der Waals surface area contributed by atoms with E-state index in [-0.39, 0.29) is 11.7 Å². The van der Waals surface area contributed by atoms with Gasteiger partial charge in [-0.3, -0.25) is 4.79 Å². The summed E-state index contributed by atoms with van der Waals surface area (Å²) < 4.78 is 26.6. The molecule has 0 radical (unpaired) electrons. The monoisotopic (exact) mass is 317 g/mol. The summed E-state index contributed by atoms with van der Waals surface area (Å²) in [5.41, 5.74) is 0. The molecule has 7 heteroatoms. The fourth-order valence-electron chi connectivity index (χ4n) is 3.25.